The van der Waals surface area contributed by atoms with E-state index in [1.807, 2.05) is 55.1 Å². The Bertz CT molecular complexity index is 810. The number of hydrogen-bond donors (Lipinski definition) is 1. The third kappa shape index (κ3) is 5.98. The number of likely N-dealkylation sites (tertiary alicyclic amines) is 1. The van der Waals surface area contributed by atoms with Crippen LogP contribution in [0.2, 0.25) is 0 Å². The molecule has 0 unspecified atom stereocenters. The molecule has 3 rings (SSSR count). The van der Waals surface area contributed by atoms with Crippen LogP contribution < -0.4 is 14.8 Å². The molecule has 0 atom stereocenters. The Kier molecular flexibility index (Phi) is 7.11. The lowest BCUT2D eigenvalue weighted by atomic mass is 10.0. The molecule has 0 saturated carbocycles. The SMILES string of the molecule is CCOc1ccc(C(=O)N2CCC(NC(=O)COc3ccc(C)cc3)CC2)cc1. The molecule has 2 amide bonds. The zero-order valence-corrected chi connectivity index (χ0v) is 17.0. The van der Waals surface area contributed by atoms with Gasteiger partial charge < -0.3 is 19.7 Å². The van der Waals surface area contributed by atoms with Crippen molar-refractivity contribution < 1.29 is 19.1 Å². The summed E-state index contributed by atoms with van der Waals surface area (Å²) in [6.07, 6.45) is 1.47. The van der Waals surface area contributed by atoms with Crippen molar-refractivity contribution >= 4 is 11.8 Å². The minimum atomic E-state index is -0.137. The summed E-state index contributed by atoms with van der Waals surface area (Å²) in [7, 11) is 0. The normalized spacial score (nSPS) is 14.3. The van der Waals surface area contributed by atoms with Gasteiger partial charge >= 0.3 is 0 Å². The van der Waals surface area contributed by atoms with Crippen LogP contribution in [0.15, 0.2) is 48.5 Å². The number of piperidine rings is 1. The van der Waals surface area contributed by atoms with Crippen molar-refractivity contribution in [2.24, 2.45) is 0 Å². The highest BCUT2D eigenvalue weighted by Gasteiger charge is 2.24. The van der Waals surface area contributed by atoms with Crippen LogP contribution in [0.5, 0.6) is 11.5 Å². The minimum absolute atomic E-state index is 0.00557. The van der Waals surface area contributed by atoms with Crippen molar-refractivity contribution in [3.8, 4) is 11.5 Å². The quantitative estimate of drug-likeness (QED) is 0.780. The fourth-order valence-corrected chi connectivity index (χ4v) is 3.32. The maximum atomic E-state index is 12.7. The number of ether oxygens (including phenoxy) is 2. The third-order valence-corrected chi connectivity index (χ3v) is 4.95. The largest absolute Gasteiger partial charge is 0.494 e. The Balaban J connectivity index is 1.41. The summed E-state index contributed by atoms with van der Waals surface area (Å²) in [5.41, 5.74) is 1.80. The maximum Gasteiger partial charge on any atom is 0.258 e. The smallest absolute Gasteiger partial charge is 0.258 e. The van der Waals surface area contributed by atoms with E-state index in [2.05, 4.69) is 5.32 Å². The van der Waals surface area contributed by atoms with Gasteiger partial charge in [-0.05, 0) is 63.1 Å². The van der Waals surface area contributed by atoms with Crippen LogP contribution in [-0.4, -0.2) is 49.1 Å². The Labute approximate surface area is 171 Å². The number of rotatable bonds is 7. The molecular formula is C23H28N2O4. The molecule has 6 nitrogen and oxygen atoms in total. The zero-order valence-electron chi connectivity index (χ0n) is 17.0. The number of aryl methyl sites for hydroxylation is 1. The molecule has 6 heteroatoms. The van der Waals surface area contributed by atoms with E-state index in [1.54, 1.807) is 12.1 Å². The van der Waals surface area contributed by atoms with Crippen LogP contribution >= 0.6 is 0 Å². The van der Waals surface area contributed by atoms with Gasteiger partial charge in [-0.1, -0.05) is 17.7 Å². The molecule has 0 spiro atoms. The van der Waals surface area contributed by atoms with Gasteiger partial charge in [0.1, 0.15) is 11.5 Å². The molecule has 2 aromatic rings. The average molecular weight is 396 g/mol. The van der Waals surface area contributed by atoms with E-state index in [1.165, 1.54) is 0 Å². The van der Waals surface area contributed by atoms with E-state index in [0.29, 0.717) is 31.0 Å². The lowest BCUT2D eigenvalue weighted by Gasteiger charge is -2.32. The lowest BCUT2D eigenvalue weighted by Crippen LogP contribution is -2.47. The number of benzene rings is 2. The van der Waals surface area contributed by atoms with Crippen molar-refractivity contribution in [3.63, 3.8) is 0 Å². The number of nitrogens with one attached hydrogen (secondary N) is 1. The van der Waals surface area contributed by atoms with Crippen molar-refractivity contribution in [1.29, 1.82) is 0 Å². The molecule has 2 aromatic carbocycles. The van der Waals surface area contributed by atoms with Crippen LogP contribution in [-0.2, 0) is 4.79 Å². The summed E-state index contributed by atoms with van der Waals surface area (Å²) in [6.45, 7) is 5.77. The first-order valence-electron chi connectivity index (χ1n) is 10.1. The maximum absolute atomic E-state index is 12.7. The van der Waals surface area contributed by atoms with Crippen LogP contribution in [0.25, 0.3) is 0 Å². The van der Waals surface area contributed by atoms with E-state index in [0.717, 1.165) is 24.2 Å². The fraction of sp³-hybridized carbons (Fsp3) is 0.391. The molecule has 1 aliphatic rings. The van der Waals surface area contributed by atoms with Gasteiger partial charge in [-0.3, -0.25) is 9.59 Å². The molecule has 0 bridgehead atoms. The molecule has 0 aromatic heterocycles. The van der Waals surface area contributed by atoms with E-state index in [-0.39, 0.29) is 24.5 Å². The molecule has 1 N–H and O–H groups in total. The fourth-order valence-electron chi connectivity index (χ4n) is 3.32. The molecule has 1 aliphatic heterocycles. The second-order valence-electron chi connectivity index (χ2n) is 7.19. The van der Waals surface area contributed by atoms with Gasteiger partial charge in [0, 0.05) is 24.7 Å². The average Bonchev–Trinajstić information content (AvgIpc) is 2.74. The Morgan fingerprint density at radius 1 is 0.966 bits per heavy atom. The number of nitrogens with zero attached hydrogens (tertiary/aromatic N) is 1. The predicted molar refractivity (Wildman–Crippen MR) is 111 cm³/mol. The number of amides is 2. The second-order valence-corrected chi connectivity index (χ2v) is 7.19. The summed E-state index contributed by atoms with van der Waals surface area (Å²) < 4.78 is 10.9. The van der Waals surface area contributed by atoms with Gasteiger partial charge in [0.25, 0.3) is 11.8 Å². The summed E-state index contributed by atoms with van der Waals surface area (Å²) in [4.78, 5) is 26.6. The molecule has 1 fully saturated rings. The number of hydrogen-bond acceptors (Lipinski definition) is 4. The zero-order chi connectivity index (χ0) is 20.6. The minimum Gasteiger partial charge on any atom is -0.494 e. The van der Waals surface area contributed by atoms with Gasteiger partial charge in [-0.15, -0.1) is 0 Å². The first kappa shape index (κ1) is 20.7. The van der Waals surface area contributed by atoms with E-state index in [4.69, 9.17) is 9.47 Å². The molecular weight excluding hydrogens is 368 g/mol. The highest BCUT2D eigenvalue weighted by molar-refractivity contribution is 5.94. The van der Waals surface area contributed by atoms with E-state index in [9.17, 15) is 9.59 Å². The predicted octanol–water partition coefficient (Wildman–Crippen LogP) is 3.19. The van der Waals surface area contributed by atoms with Crippen molar-refractivity contribution in [2.75, 3.05) is 26.3 Å². The van der Waals surface area contributed by atoms with E-state index < -0.39 is 0 Å². The second kappa shape index (κ2) is 9.96. The van der Waals surface area contributed by atoms with Crippen molar-refractivity contribution in [2.45, 2.75) is 32.7 Å². The monoisotopic (exact) mass is 396 g/mol. The summed E-state index contributed by atoms with van der Waals surface area (Å²) in [5, 5.41) is 3.00. The van der Waals surface area contributed by atoms with Crippen molar-refractivity contribution in [3.05, 3.63) is 59.7 Å². The highest BCUT2D eigenvalue weighted by Crippen LogP contribution is 2.17. The summed E-state index contributed by atoms with van der Waals surface area (Å²) in [6, 6.07) is 14.9. The van der Waals surface area contributed by atoms with Crippen LogP contribution in [0.3, 0.4) is 0 Å². The molecule has 0 radical (unpaired) electrons. The number of carbonyl (C=O) groups is 2. The summed E-state index contributed by atoms with van der Waals surface area (Å²) >= 11 is 0. The Hall–Kier alpha value is -3.02. The topological polar surface area (TPSA) is 67.9 Å². The Morgan fingerprint density at radius 2 is 1.55 bits per heavy atom. The molecule has 0 aliphatic carbocycles. The van der Waals surface area contributed by atoms with Crippen molar-refractivity contribution in [1.82, 2.24) is 10.2 Å². The van der Waals surface area contributed by atoms with Gasteiger partial charge in [0.15, 0.2) is 6.61 Å². The highest BCUT2D eigenvalue weighted by atomic mass is 16.5. The lowest BCUT2D eigenvalue weighted by molar-refractivity contribution is -0.124. The molecule has 1 heterocycles. The Morgan fingerprint density at radius 3 is 2.17 bits per heavy atom. The molecule has 1 saturated heterocycles. The molecule has 29 heavy (non-hydrogen) atoms. The van der Waals surface area contributed by atoms with Gasteiger partial charge in [0.2, 0.25) is 0 Å². The van der Waals surface area contributed by atoms with Gasteiger partial charge in [0.05, 0.1) is 6.61 Å². The van der Waals surface area contributed by atoms with Crippen LogP contribution in [0.1, 0.15) is 35.7 Å². The van der Waals surface area contributed by atoms with Gasteiger partial charge in [-0.25, -0.2) is 0 Å². The summed E-state index contributed by atoms with van der Waals surface area (Å²) in [5.74, 6) is 1.32. The third-order valence-electron chi connectivity index (χ3n) is 4.95. The standard InChI is InChI=1S/C23H28N2O4/c1-3-28-20-10-6-18(7-11-20)23(27)25-14-12-19(13-15-25)24-22(26)16-29-21-8-4-17(2)5-9-21/h4-11,19H,3,12-16H2,1-2H3,(H,24,26). The molecule has 154 valence electrons. The van der Waals surface area contributed by atoms with Crippen LogP contribution in [0, 0.1) is 6.92 Å². The first-order valence-corrected chi connectivity index (χ1v) is 10.1. The van der Waals surface area contributed by atoms with Gasteiger partial charge in [-0.2, -0.15) is 0 Å². The first-order chi connectivity index (χ1) is 14.0. The van der Waals surface area contributed by atoms with E-state index >= 15 is 0 Å². The number of carbonyl (C=O) groups excluding carboxylic acids is 2. The van der Waals surface area contributed by atoms with Crippen LogP contribution in [0.4, 0.5) is 0 Å².